The molecule has 0 amide bonds. The average Bonchev–Trinajstić information content (AvgIpc) is 2.84. The van der Waals surface area contributed by atoms with Crippen LogP contribution < -0.4 is 0 Å². The Kier molecular flexibility index (Phi) is 2.15. The van der Waals surface area contributed by atoms with E-state index in [1.807, 2.05) is 0 Å². The lowest BCUT2D eigenvalue weighted by atomic mass is 9.88. The Morgan fingerprint density at radius 3 is 2.75 bits per heavy atom. The predicted octanol–water partition coefficient (Wildman–Crippen LogP) is 2.99. The number of fused-ring (bicyclic) bond motifs is 4. The van der Waals surface area contributed by atoms with E-state index in [-0.39, 0.29) is 11.6 Å². The number of benzene rings is 1. The second-order valence-electron chi connectivity index (χ2n) is 4.64. The van der Waals surface area contributed by atoms with Crippen molar-refractivity contribution in [3.63, 3.8) is 0 Å². The molecular weight excluding hydrogens is 276 g/mol. The van der Waals surface area contributed by atoms with Crippen molar-refractivity contribution < 1.29 is 9.59 Å². The fraction of sp³-hybridized carbons (Fsp3) is 0. The highest BCUT2D eigenvalue weighted by atomic mass is 35.5. The van der Waals surface area contributed by atoms with Crippen LogP contribution in [0.15, 0.2) is 36.7 Å². The third-order valence-electron chi connectivity index (χ3n) is 3.53. The molecule has 0 saturated heterocycles. The Balaban J connectivity index is 2.12. The zero-order chi connectivity index (χ0) is 13.9. The maximum atomic E-state index is 12.6. The van der Waals surface area contributed by atoms with Gasteiger partial charge >= 0.3 is 0 Å². The molecule has 1 N–H and O–H groups in total. The summed E-state index contributed by atoms with van der Waals surface area (Å²) >= 11 is 5.98. The first-order chi connectivity index (χ1) is 9.66. The van der Waals surface area contributed by atoms with E-state index >= 15 is 0 Å². The summed E-state index contributed by atoms with van der Waals surface area (Å²) in [6.07, 6.45) is 2.94. The highest BCUT2D eigenvalue weighted by Gasteiger charge is 2.33. The van der Waals surface area contributed by atoms with Crippen LogP contribution in [0.5, 0.6) is 0 Å². The van der Waals surface area contributed by atoms with Crippen molar-refractivity contribution in [3.8, 4) is 0 Å². The molecule has 2 heterocycles. The number of halogens is 1. The van der Waals surface area contributed by atoms with E-state index in [1.165, 1.54) is 12.4 Å². The fourth-order valence-corrected chi connectivity index (χ4v) is 2.79. The van der Waals surface area contributed by atoms with Crippen molar-refractivity contribution in [1.82, 2.24) is 9.97 Å². The van der Waals surface area contributed by atoms with Crippen LogP contribution in [0, 0.1) is 0 Å². The second kappa shape index (κ2) is 3.77. The number of pyridine rings is 1. The molecule has 5 heteroatoms. The molecule has 4 nitrogen and oxygen atoms in total. The molecule has 2 aromatic heterocycles. The zero-order valence-corrected chi connectivity index (χ0v) is 10.9. The number of hydrogen-bond donors (Lipinski definition) is 1. The first kappa shape index (κ1) is 11.4. The van der Waals surface area contributed by atoms with Gasteiger partial charge in [-0.1, -0.05) is 11.6 Å². The molecule has 3 aromatic rings. The van der Waals surface area contributed by atoms with Gasteiger partial charge in [0.15, 0.2) is 5.78 Å². The van der Waals surface area contributed by atoms with Gasteiger partial charge in [-0.3, -0.25) is 14.6 Å². The number of rotatable bonds is 0. The van der Waals surface area contributed by atoms with Crippen LogP contribution in [0.1, 0.15) is 32.0 Å². The maximum Gasteiger partial charge on any atom is 0.210 e. The molecule has 0 spiro atoms. The summed E-state index contributed by atoms with van der Waals surface area (Å²) in [5, 5.41) is 1.19. The van der Waals surface area contributed by atoms with Crippen molar-refractivity contribution in [1.29, 1.82) is 0 Å². The smallest absolute Gasteiger partial charge is 0.210 e. The van der Waals surface area contributed by atoms with Crippen molar-refractivity contribution in [2.24, 2.45) is 0 Å². The van der Waals surface area contributed by atoms with Crippen LogP contribution in [0.3, 0.4) is 0 Å². The highest BCUT2D eigenvalue weighted by Crippen LogP contribution is 2.33. The number of aromatic amines is 1. The Bertz CT molecular complexity index is 911. The minimum atomic E-state index is -0.198. The van der Waals surface area contributed by atoms with Gasteiger partial charge in [0.2, 0.25) is 5.78 Å². The van der Waals surface area contributed by atoms with Crippen molar-refractivity contribution in [2.45, 2.75) is 0 Å². The van der Waals surface area contributed by atoms with E-state index in [0.717, 1.165) is 5.52 Å². The lowest BCUT2D eigenvalue weighted by Gasteiger charge is -2.13. The quantitative estimate of drug-likeness (QED) is 0.539. The van der Waals surface area contributed by atoms with E-state index in [0.29, 0.717) is 32.8 Å². The van der Waals surface area contributed by atoms with Crippen LogP contribution >= 0.6 is 11.6 Å². The summed E-state index contributed by atoms with van der Waals surface area (Å²) in [6.45, 7) is 0. The summed E-state index contributed by atoms with van der Waals surface area (Å²) in [6, 6.07) is 6.74. The molecular formula is C15H7ClN2O2. The minimum Gasteiger partial charge on any atom is -0.351 e. The standard InChI is InChI=1S/C15H7ClN2O2/c16-7-1-2-11-9(5-7)12-13(18-11)15(20)8-3-4-17-6-10(8)14(12)19/h1-6,18H. The number of aromatic nitrogens is 2. The zero-order valence-electron chi connectivity index (χ0n) is 10.1. The Morgan fingerprint density at radius 1 is 1.05 bits per heavy atom. The number of carbonyl (C=O) groups excluding carboxylic acids is 2. The van der Waals surface area contributed by atoms with Crippen molar-refractivity contribution in [2.75, 3.05) is 0 Å². The number of nitrogens with one attached hydrogen (secondary N) is 1. The first-order valence-electron chi connectivity index (χ1n) is 6.01. The van der Waals surface area contributed by atoms with Gasteiger partial charge in [-0.2, -0.15) is 0 Å². The van der Waals surface area contributed by atoms with Gasteiger partial charge < -0.3 is 4.98 Å². The minimum absolute atomic E-state index is 0.190. The molecule has 0 aliphatic heterocycles. The van der Waals surface area contributed by atoms with Gasteiger partial charge in [0.05, 0.1) is 16.8 Å². The van der Waals surface area contributed by atoms with Gasteiger partial charge in [0.25, 0.3) is 0 Å². The number of carbonyl (C=O) groups is 2. The molecule has 0 atom stereocenters. The summed E-state index contributed by atoms with van der Waals surface area (Å²) < 4.78 is 0. The number of ketones is 2. The molecule has 1 aliphatic rings. The maximum absolute atomic E-state index is 12.6. The molecule has 0 radical (unpaired) electrons. The largest absolute Gasteiger partial charge is 0.351 e. The Morgan fingerprint density at radius 2 is 1.90 bits per heavy atom. The summed E-state index contributed by atoms with van der Waals surface area (Å²) in [5.74, 6) is -0.388. The topological polar surface area (TPSA) is 62.8 Å². The molecule has 0 saturated carbocycles. The molecule has 0 bridgehead atoms. The summed E-state index contributed by atoms with van der Waals surface area (Å²) in [7, 11) is 0. The lowest BCUT2D eigenvalue weighted by Crippen LogP contribution is -2.20. The van der Waals surface area contributed by atoms with Gasteiger partial charge in [-0.05, 0) is 24.3 Å². The number of hydrogen-bond acceptors (Lipinski definition) is 3. The van der Waals surface area contributed by atoms with Crippen LogP contribution in [0.2, 0.25) is 5.02 Å². The summed E-state index contributed by atoms with van der Waals surface area (Å²) in [5.41, 5.74) is 2.15. The monoisotopic (exact) mass is 282 g/mol. The normalized spacial score (nSPS) is 13.4. The molecule has 96 valence electrons. The van der Waals surface area contributed by atoms with Crippen LogP contribution in [0.4, 0.5) is 0 Å². The van der Waals surface area contributed by atoms with Crippen LogP contribution in [-0.2, 0) is 0 Å². The summed E-state index contributed by atoms with van der Waals surface area (Å²) in [4.78, 5) is 32.0. The lowest BCUT2D eigenvalue weighted by molar-refractivity contribution is 0.0977. The van der Waals surface area contributed by atoms with Gasteiger partial charge in [-0.15, -0.1) is 0 Å². The van der Waals surface area contributed by atoms with Gasteiger partial charge in [0.1, 0.15) is 0 Å². The Labute approximate surface area is 118 Å². The van der Waals surface area contributed by atoms with E-state index in [4.69, 9.17) is 11.6 Å². The molecule has 1 aromatic carbocycles. The molecule has 0 fully saturated rings. The first-order valence-corrected chi connectivity index (χ1v) is 6.39. The van der Waals surface area contributed by atoms with E-state index in [2.05, 4.69) is 9.97 Å². The highest BCUT2D eigenvalue weighted by molar-refractivity contribution is 6.34. The van der Waals surface area contributed by atoms with Crippen LogP contribution in [-0.4, -0.2) is 21.5 Å². The molecule has 0 unspecified atom stereocenters. The fourth-order valence-electron chi connectivity index (χ4n) is 2.61. The second-order valence-corrected chi connectivity index (χ2v) is 5.08. The third-order valence-corrected chi connectivity index (χ3v) is 3.76. The predicted molar refractivity (Wildman–Crippen MR) is 74.4 cm³/mol. The molecule has 20 heavy (non-hydrogen) atoms. The molecule has 4 rings (SSSR count). The van der Waals surface area contributed by atoms with E-state index in [9.17, 15) is 9.59 Å². The number of H-pyrrole nitrogens is 1. The average molecular weight is 283 g/mol. The Hall–Kier alpha value is -2.46. The third kappa shape index (κ3) is 1.34. The van der Waals surface area contributed by atoms with Crippen LogP contribution in [0.25, 0.3) is 10.9 Å². The van der Waals surface area contributed by atoms with Crippen molar-refractivity contribution >= 4 is 34.1 Å². The SMILES string of the molecule is O=C1c2ccncc2C(=O)c2c1[nH]c1ccc(Cl)cc21. The molecule has 1 aliphatic carbocycles. The van der Waals surface area contributed by atoms with E-state index < -0.39 is 0 Å². The van der Waals surface area contributed by atoms with Gasteiger partial charge in [-0.25, -0.2) is 0 Å². The number of nitrogens with zero attached hydrogens (tertiary/aromatic N) is 1. The van der Waals surface area contributed by atoms with Gasteiger partial charge in [0, 0.05) is 33.9 Å². The van der Waals surface area contributed by atoms with E-state index in [1.54, 1.807) is 24.3 Å². The van der Waals surface area contributed by atoms with Crippen molar-refractivity contribution in [3.05, 3.63) is 64.1 Å².